The Morgan fingerprint density at radius 2 is 1.58 bits per heavy atom. The van der Waals surface area contributed by atoms with Gasteiger partial charge in [-0.25, -0.2) is 9.59 Å². The SMILES string of the molecule is CC(C)C1CN(c2cc(C(=O)O)cc(C(=O)O)c2)C1. The van der Waals surface area contributed by atoms with Crippen LogP contribution in [0.2, 0.25) is 0 Å². The van der Waals surface area contributed by atoms with E-state index in [4.69, 9.17) is 10.2 Å². The van der Waals surface area contributed by atoms with Gasteiger partial charge in [0.25, 0.3) is 0 Å². The first kappa shape index (κ1) is 13.4. The molecule has 102 valence electrons. The fourth-order valence-corrected chi connectivity index (χ4v) is 2.19. The maximum atomic E-state index is 11.0. The number of nitrogens with zero attached hydrogens (tertiary/aromatic N) is 1. The van der Waals surface area contributed by atoms with Crippen LogP contribution in [0.25, 0.3) is 0 Å². The molecule has 1 aliphatic rings. The van der Waals surface area contributed by atoms with Crippen molar-refractivity contribution in [3.05, 3.63) is 29.3 Å². The van der Waals surface area contributed by atoms with Gasteiger partial charge in [-0.05, 0) is 30.0 Å². The summed E-state index contributed by atoms with van der Waals surface area (Å²) >= 11 is 0. The molecule has 1 aromatic carbocycles. The summed E-state index contributed by atoms with van der Waals surface area (Å²) in [7, 11) is 0. The zero-order valence-corrected chi connectivity index (χ0v) is 11.0. The fourth-order valence-electron chi connectivity index (χ4n) is 2.19. The maximum Gasteiger partial charge on any atom is 0.335 e. The minimum Gasteiger partial charge on any atom is -0.478 e. The van der Waals surface area contributed by atoms with Crippen LogP contribution in [0, 0.1) is 11.8 Å². The number of benzene rings is 1. The Labute approximate surface area is 111 Å². The summed E-state index contributed by atoms with van der Waals surface area (Å²) in [4.78, 5) is 24.1. The molecule has 2 N–H and O–H groups in total. The third-order valence-electron chi connectivity index (χ3n) is 3.63. The van der Waals surface area contributed by atoms with Crippen LogP contribution in [0.5, 0.6) is 0 Å². The topological polar surface area (TPSA) is 77.8 Å². The second-order valence-corrected chi connectivity index (χ2v) is 5.29. The third kappa shape index (κ3) is 2.70. The molecule has 1 fully saturated rings. The summed E-state index contributed by atoms with van der Waals surface area (Å²) in [6.07, 6.45) is 0. The average Bonchev–Trinajstić information content (AvgIpc) is 2.25. The largest absolute Gasteiger partial charge is 0.478 e. The number of carbonyl (C=O) groups is 2. The van der Waals surface area contributed by atoms with Gasteiger partial charge in [-0.2, -0.15) is 0 Å². The lowest BCUT2D eigenvalue weighted by atomic mass is 9.88. The van der Waals surface area contributed by atoms with Crippen molar-refractivity contribution in [2.75, 3.05) is 18.0 Å². The summed E-state index contributed by atoms with van der Waals surface area (Å²) in [5.74, 6) is -1.05. The van der Waals surface area contributed by atoms with Crippen molar-refractivity contribution in [3.63, 3.8) is 0 Å². The van der Waals surface area contributed by atoms with Crippen molar-refractivity contribution in [2.24, 2.45) is 11.8 Å². The smallest absolute Gasteiger partial charge is 0.335 e. The highest BCUT2D eigenvalue weighted by Crippen LogP contribution is 2.30. The quantitative estimate of drug-likeness (QED) is 0.870. The van der Waals surface area contributed by atoms with Gasteiger partial charge in [0.2, 0.25) is 0 Å². The van der Waals surface area contributed by atoms with Crippen LogP contribution < -0.4 is 4.90 Å². The van der Waals surface area contributed by atoms with E-state index in [1.54, 1.807) is 0 Å². The molecule has 1 aromatic rings. The monoisotopic (exact) mass is 263 g/mol. The zero-order valence-electron chi connectivity index (χ0n) is 11.0. The normalized spacial score (nSPS) is 15.4. The van der Waals surface area contributed by atoms with Gasteiger partial charge in [-0.3, -0.25) is 0 Å². The van der Waals surface area contributed by atoms with E-state index in [1.807, 2.05) is 4.90 Å². The van der Waals surface area contributed by atoms with Gasteiger partial charge in [0.15, 0.2) is 0 Å². The standard InChI is InChI=1S/C14H17NO4/c1-8(2)11-6-15(7-11)12-4-9(13(16)17)3-10(5-12)14(18)19/h3-5,8,11H,6-7H2,1-2H3,(H,16,17)(H,18,19). The van der Waals surface area contributed by atoms with Crippen molar-refractivity contribution in [2.45, 2.75) is 13.8 Å². The summed E-state index contributed by atoms with van der Waals surface area (Å²) in [6, 6.07) is 4.25. The van der Waals surface area contributed by atoms with E-state index in [0.29, 0.717) is 17.5 Å². The molecule has 0 aliphatic carbocycles. The van der Waals surface area contributed by atoms with Gasteiger partial charge in [0, 0.05) is 18.8 Å². The van der Waals surface area contributed by atoms with Gasteiger partial charge >= 0.3 is 11.9 Å². The Bertz CT molecular complexity index is 486. The molecule has 0 spiro atoms. The van der Waals surface area contributed by atoms with Crippen molar-refractivity contribution >= 4 is 17.6 Å². The molecule has 0 radical (unpaired) electrons. The van der Waals surface area contributed by atoms with Crippen LogP contribution in [0.3, 0.4) is 0 Å². The third-order valence-corrected chi connectivity index (χ3v) is 3.63. The van der Waals surface area contributed by atoms with Crippen molar-refractivity contribution in [1.82, 2.24) is 0 Å². The second kappa shape index (κ2) is 4.91. The van der Waals surface area contributed by atoms with Crippen LogP contribution in [0.1, 0.15) is 34.6 Å². The minimum absolute atomic E-state index is 0.0166. The lowest BCUT2D eigenvalue weighted by molar-refractivity contribution is 0.0696. The number of aromatic carboxylic acids is 2. The Hall–Kier alpha value is -2.04. The van der Waals surface area contributed by atoms with Crippen LogP contribution in [-0.4, -0.2) is 35.2 Å². The van der Waals surface area contributed by atoms with E-state index >= 15 is 0 Å². The molecule has 19 heavy (non-hydrogen) atoms. The molecular weight excluding hydrogens is 246 g/mol. The number of anilines is 1. The Morgan fingerprint density at radius 1 is 1.11 bits per heavy atom. The molecule has 0 saturated carbocycles. The van der Waals surface area contributed by atoms with E-state index in [2.05, 4.69) is 13.8 Å². The average molecular weight is 263 g/mol. The zero-order chi connectivity index (χ0) is 14.2. The molecule has 1 saturated heterocycles. The highest BCUT2D eigenvalue weighted by Gasteiger charge is 2.30. The first-order valence-corrected chi connectivity index (χ1v) is 6.25. The van der Waals surface area contributed by atoms with E-state index in [0.717, 1.165) is 13.1 Å². The van der Waals surface area contributed by atoms with Crippen molar-refractivity contribution < 1.29 is 19.8 Å². The van der Waals surface area contributed by atoms with E-state index in [9.17, 15) is 9.59 Å². The molecule has 0 atom stereocenters. The van der Waals surface area contributed by atoms with Gasteiger partial charge in [-0.15, -0.1) is 0 Å². The van der Waals surface area contributed by atoms with E-state index in [1.165, 1.54) is 18.2 Å². The number of hydrogen-bond acceptors (Lipinski definition) is 3. The number of hydrogen-bond donors (Lipinski definition) is 2. The summed E-state index contributed by atoms with van der Waals surface area (Å²) in [5.41, 5.74) is 0.708. The Balaban J connectivity index is 2.26. The lowest BCUT2D eigenvalue weighted by Gasteiger charge is -2.43. The van der Waals surface area contributed by atoms with Gasteiger partial charge in [0.1, 0.15) is 0 Å². The fraction of sp³-hybridized carbons (Fsp3) is 0.429. The predicted molar refractivity (Wildman–Crippen MR) is 70.9 cm³/mol. The molecule has 2 rings (SSSR count). The highest BCUT2D eigenvalue weighted by atomic mass is 16.4. The van der Waals surface area contributed by atoms with Crippen molar-refractivity contribution in [1.29, 1.82) is 0 Å². The molecule has 0 unspecified atom stereocenters. The van der Waals surface area contributed by atoms with Gasteiger partial charge in [0.05, 0.1) is 11.1 Å². The van der Waals surface area contributed by atoms with Gasteiger partial charge < -0.3 is 15.1 Å². The molecule has 0 amide bonds. The Morgan fingerprint density at radius 3 is 1.95 bits per heavy atom. The number of rotatable bonds is 4. The molecule has 0 bridgehead atoms. The first-order chi connectivity index (χ1) is 8.88. The first-order valence-electron chi connectivity index (χ1n) is 6.25. The van der Waals surface area contributed by atoms with Crippen molar-refractivity contribution in [3.8, 4) is 0 Å². The summed E-state index contributed by atoms with van der Waals surface area (Å²) in [5, 5.41) is 18.0. The highest BCUT2D eigenvalue weighted by molar-refractivity contribution is 5.95. The molecular formula is C14H17NO4. The van der Waals surface area contributed by atoms with Gasteiger partial charge in [-0.1, -0.05) is 13.8 Å². The second-order valence-electron chi connectivity index (χ2n) is 5.29. The number of carboxylic acid groups (broad SMARTS) is 2. The molecule has 0 aromatic heterocycles. The lowest BCUT2D eigenvalue weighted by Crippen LogP contribution is -2.49. The maximum absolute atomic E-state index is 11.0. The summed E-state index contributed by atoms with van der Waals surface area (Å²) in [6.45, 7) is 6.00. The van der Waals surface area contributed by atoms with E-state index < -0.39 is 11.9 Å². The molecule has 5 nitrogen and oxygen atoms in total. The molecule has 1 heterocycles. The van der Waals surface area contributed by atoms with Crippen LogP contribution in [0.4, 0.5) is 5.69 Å². The number of carboxylic acids is 2. The summed E-state index contributed by atoms with van der Waals surface area (Å²) < 4.78 is 0. The van der Waals surface area contributed by atoms with Crippen LogP contribution >= 0.6 is 0 Å². The van der Waals surface area contributed by atoms with Crippen LogP contribution in [0.15, 0.2) is 18.2 Å². The molecule has 1 aliphatic heterocycles. The van der Waals surface area contributed by atoms with Crippen LogP contribution in [-0.2, 0) is 0 Å². The predicted octanol–water partition coefficient (Wildman–Crippen LogP) is 2.18. The Kier molecular flexibility index (Phi) is 3.46. The molecule has 5 heteroatoms. The van der Waals surface area contributed by atoms with E-state index in [-0.39, 0.29) is 11.1 Å². The minimum atomic E-state index is -1.11.